The Kier molecular flexibility index (Phi) is 8.22. The van der Waals surface area contributed by atoms with E-state index in [0.717, 1.165) is 5.56 Å². The number of nitrogens with one attached hydrogen (secondary N) is 1. The normalized spacial score (nSPS) is 10.8. The van der Waals surface area contributed by atoms with Crippen molar-refractivity contribution in [2.45, 2.75) is 6.61 Å². The maximum Gasteiger partial charge on any atom is 0.271 e. The van der Waals surface area contributed by atoms with Crippen LogP contribution in [0.4, 0.5) is 0 Å². The van der Waals surface area contributed by atoms with Crippen LogP contribution in [-0.2, 0) is 6.61 Å². The SMILES string of the molecule is COc1ccc(C(=O)N/N=C/c2cc(Cl)c(OCc3cccc(Cl)c3)c(Cl)c2)cc1OC. The zero-order valence-corrected chi connectivity index (χ0v) is 19.5. The van der Waals surface area contributed by atoms with E-state index in [2.05, 4.69) is 10.5 Å². The van der Waals surface area contributed by atoms with Gasteiger partial charge in [0.1, 0.15) is 6.61 Å². The lowest BCUT2D eigenvalue weighted by atomic mass is 10.2. The molecule has 166 valence electrons. The average molecular weight is 494 g/mol. The van der Waals surface area contributed by atoms with Crippen molar-refractivity contribution in [1.29, 1.82) is 0 Å². The number of carbonyl (C=O) groups is 1. The lowest BCUT2D eigenvalue weighted by Crippen LogP contribution is -2.17. The third kappa shape index (κ3) is 6.07. The quantitative estimate of drug-likeness (QED) is 0.308. The van der Waals surface area contributed by atoms with Crippen LogP contribution in [-0.4, -0.2) is 26.3 Å². The van der Waals surface area contributed by atoms with Crippen LogP contribution in [0.3, 0.4) is 0 Å². The van der Waals surface area contributed by atoms with Crippen LogP contribution in [0.5, 0.6) is 17.2 Å². The molecular weight excluding hydrogens is 475 g/mol. The van der Waals surface area contributed by atoms with E-state index in [9.17, 15) is 4.79 Å². The maximum atomic E-state index is 12.3. The predicted octanol–water partition coefficient (Wildman–Crippen LogP) is 6.01. The predicted molar refractivity (Wildman–Crippen MR) is 127 cm³/mol. The van der Waals surface area contributed by atoms with Gasteiger partial charge in [-0.25, -0.2) is 5.43 Å². The number of hydrogen-bond acceptors (Lipinski definition) is 5. The molecule has 1 N–H and O–H groups in total. The third-order valence-electron chi connectivity index (χ3n) is 4.32. The number of amides is 1. The number of rotatable bonds is 8. The summed E-state index contributed by atoms with van der Waals surface area (Å²) < 4.78 is 16.1. The molecule has 0 aromatic heterocycles. The molecule has 0 atom stereocenters. The van der Waals surface area contributed by atoms with E-state index in [1.54, 1.807) is 42.5 Å². The van der Waals surface area contributed by atoms with Gasteiger partial charge in [-0.05, 0) is 53.6 Å². The van der Waals surface area contributed by atoms with E-state index in [1.165, 1.54) is 20.4 Å². The van der Waals surface area contributed by atoms with Crippen LogP contribution < -0.4 is 19.6 Å². The molecule has 0 radical (unpaired) electrons. The zero-order chi connectivity index (χ0) is 23.1. The summed E-state index contributed by atoms with van der Waals surface area (Å²) in [6.07, 6.45) is 1.43. The number of hydrogen-bond donors (Lipinski definition) is 1. The number of hydrazone groups is 1. The van der Waals surface area contributed by atoms with Gasteiger partial charge in [0.25, 0.3) is 5.91 Å². The van der Waals surface area contributed by atoms with Crippen LogP contribution in [0.15, 0.2) is 59.7 Å². The van der Waals surface area contributed by atoms with E-state index in [-0.39, 0.29) is 6.61 Å². The van der Waals surface area contributed by atoms with Crippen molar-refractivity contribution in [3.05, 3.63) is 86.4 Å². The van der Waals surface area contributed by atoms with E-state index >= 15 is 0 Å². The Morgan fingerprint density at radius 2 is 1.69 bits per heavy atom. The molecule has 3 aromatic carbocycles. The second-order valence-corrected chi connectivity index (χ2v) is 7.75. The van der Waals surface area contributed by atoms with Crippen LogP contribution >= 0.6 is 34.8 Å². The summed E-state index contributed by atoms with van der Waals surface area (Å²) in [5.41, 5.74) is 4.28. The Morgan fingerprint density at radius 1 is 0.969 bits per heavy atom. The molecule has 3 rings (SSSR count). The summed E-state index contributed by atoms with van der Waals surface area (Å²) in [6, 6.07) is 15.4. The van der Waals surface area contributed by atoms with E-state index < -0.39 is 5.91 Å². The standard InChI is InChI=1S/C23H19Cl3N2O4/c1-30-20-7-6-16(11-21(20)31-2)23(29)28-27-12-15-9-18(25)22(19(26)10-15)32-13-14-4-3-5-17(24)8-14/h3-12H,13H2,1-2H3,(H,28,29)/b27-12+. The molecule has 0 unspecified atom stereocenters. The van der Waals surface area contributed by atoms with Crippen molar-refractivity contribution in [3.63, 3.8) is 0 Å². The summed E-state index contributed by atoms with van der Waals surface area (Å²) in [4.78, 5) is 12.3. The van der Waals surface area contributed by atoms with E-state index in [0.29, 0.717) is 43.4 Å². The number of nitrogens with zero attached hydrogens (tertiary/aromatic N) is 1. The van der Waals surface area contributed by atoms with Crippen LogP contribution in [0, 0.1) is 0 Å². The number of halogens is 3. The fourth-order valence-corrected chi connectivity index (χ4v) is 3.61. The summed E-state index contributed by atoms with van der Waals surface area (Å²) >= 11 is 18.6. The van der Waals surface area contributed by atoms with Crippen molar-refractivity contribution < 1.29 is 19.0 Å². The third-order valence-corrected chi connectivity index (χ3v) is 5.11. The monoisotopic (exact) mass is 492 g/mol. The van der Waals surface area contributed by atoms with Crippen molar-refractivity contribution in [2.75, 3.05) is 14.2 Å². The van der Waals surface area contributed by atoms with Gasteiger partial charge in [-0.2, -0.15) is 5.10 Å². The Bertz CT molecular complexity index is 1130. The van der Waals surface area contributed by atoms with Gasteiger partial charge in [-0.1, -0.05) is 46.9 Å². The molecular formula is C23H19Cl3N2O4. The van der Waals surface area contributed by atoms with Crippen LogP contribution in [0.1, 0.15) is 21.5 Å². The van der Waals surface area contributed by atoms with E-state index in [1.807, 2.05) is 12.1 Å². The van der Waals surface area contributed by atoms with Crippen molar-refractivity contribution in [1.82, 2.24) is 5.43 Å². The first-order chi connectivity index (χ1) is 15.4. The molecule has 0 bridgehead atoms. The first kappa shape index (κ1) is 23.7. The molecule has 0 spiro atoms. The van der Waals surface area contributed by atoms with Crippen molar-refractivity contribution >= 4 is 46.9 Å². The average Bonchev–Trinajstić information content (AvgIpc) is 2.78. The molecule has 0 saturated carbocycles. The molecule has 0 aliphatic heterocycles. The lowest BCUT2D eigenvalue weighted by molar-refractivity contribution is 0.0954. The second kappa shape index (κ2) is 11.1. The first-order valence-corrected chi connectivity index (χ1v) is 10.5. The highest BCUT2D eigenvalue weighted by atomic mass is 35.5. The van der Waals surface area contributed by atoms with Gasteiger partial charge in [-0.15, -0.1) is 0 Å². The van der Waals surface area contributed by atoms with Gasteiger partial charge in [0.2, 0.25) is 0 Å². The minimum atomic E-state index is -0.416. The summed E-state index contributed by atoms with van der Waals surface area (Å²) in [5.74, 6) is 0.895. The molecule has 0 saturated heterocycles. The highest BCUT2D eigenvalue weighted by Gasteiger charge is 2.11. The molecule has 0 aliphatic carbocycles. The summed E-state index contributed by atoms with van der Waals surface area (Å²) in [6.45, 7) is 0.259. The summed E-state index contributed by atoms with van der Waals surface area (Å²) in [7, 11) is 3.01. The molecule has 0 fully saturated rings. The van der Waals surface area contributed by atoms with Crippen molar-refractivity contribution in [2.24, 2.45) is 5.10 Å². The largest absolute Gasteiger partial charge is 0.493 e. The fraction of sp³-hybridized carbons (Fsp3) is 0.130. The molecule has 0 aliphatic rings. The van der Waals surface area contributed by atoms with Crippen LogP contribution in [0.2, 0.25) is 15.1 Å². The Labute approximate surface area is 200 Å². The first-order valence-electron chi connectivity index (χ1n) is 9.33. The number of benzene rings is 3. The Balaban J connectivity index is 1.65. The molecule has 3 aromatic rings. The topological polar surface area (TPSA) is 69.2 Å². The van der Waals surface area contributed by atoms with E-state index in [4.69, 9.17) is 49.0 Å². The highest BCUT2D eigenvalue weighted by Crippen LogP contribution is 2.34. The van der Waals surface area contributed by atoms with Gasteiger partial charge in [-0.3, -0.25) is 4.79 Å². The van der Waals surface area contributed by atoms with Gasteiger partial charge < -0.3 is 14.2 Å². The van der Waals surface area contributed by atoms with Crippen LogP contribution in [0.25, 0.3) is 0 Å². The minimum absolute atomic E-state index is 0.259. The highest BCUT2D eigenvalue weighted by molar-refractivity contribution is 6.37. The zero-order valence-electron chi connectivity index (χ0n) is 17.2. The number of methoxy groups -OCH3 is 2. The van der Waals surface area contributed by atoms with Crippen molar-refractivity contribution in [3.8, 4) is 17.2 Å². The Hall–Kier alpha value is -2.93. The molecule has 1 amide bonds. The fourth-order valence-electron chi connectivity index (χ4n) is 2.78. The lowest BCUT2D eigenvalue weighted by Gasteiger charge is -2.11. The number of ether oxygens (including phenoxy) is 3. The second-order valence-electron chi connectivity index (χ2n) is 6.50. The minimum Gasteiger partial charge on any atom is -0.493 e. The molecule has 32 heavy (non-hydrogen) atoms. The maximum absolute atomic E-state index is 12.3. The summed E-state index contributed by atoms with van der Waals surface area (Å²) in [5, 5.41) is 5.20. The van der Waals surface area contributed by atoms with Gasteiger partial charge in [0.05, 0.1) is 30.5 Å². The Morgan fingerprint density at radius 3 is 2.34 bits per heavy atom. The molecule has 9 heteroatoms. The van der Waals surface area contributed by atoms with Gasteiger partial charge in [0.15, 0.2) is 17.2 Å². The van der Waals surface area contributed by atoms with Gasteiger partial charge >= 0.3 is 0 Å². The smallest absolute Gasteiger partial charge is 0.271 e. The molecule has 6 nitrogen and oxygen atoms in total. The van der Waals surface area contributed by atoms with Gasteiger partial charge in [0, 0.05) is 10.6 Å². The molecule has 0 heterocycles. The number of carbonyl (C=O) groups excluding carboxylic acids is 1.